The van der Waals surface area contributed by atoms with E-state index in [1.165, 1.54) is 14.0 Å². The highest BCUT2D eigenvalue weighted by Crippen LogP contribution is 2.34. The summed E-state index contributed by atoms with van der Waals surface area (Å²) in [6, 6.07) is 9.08. The number of carbonyl (C=O) groups is 1. The van der Waals surface area contributed by atoms with Crippen LogP contribution in [0.1, 0.15) is 23.2 Å². The highest BCUT2D eigenvalue weighted by Gasteiger charge is 2.36. The largest absolute Gasteiger partial charge is 0.360 e. The summed E-state index contributed by atoms with van der Waals surface area (Å²) in [6.45, 7) is 0.0816. The molecule has 5 rings (SSSR count). The monoisotopic (exact) mass is 440 g/mol. The summed E-state index contributed by atoms with van der Waals surface area (Å²) in [5.74, 6) is -2.96. The van der Waals surface area contributed by atoms with Gasteiger partial charge in [-0.3, -0.25) is 9.20 Å². The molecule has 10 heteroatoms. The van der Waals surface area contributed by atoms with Gasteiger partial charge in [0.2, 0.25) is 0 Å². The van der Waals surface area contributed by atoms with Crippen LogP contribution in [0.25, 0.3) is 16.6 Å². The second-order valence-corrected chi connectivity index (χ2v) is 8.13. The van der Waals surface area contributed by atoms with Crippen molar-refractivity contribution in [2.45, 2.75) is 18.8 Å². The molecule has 1 amide bonds. The number of aromatic amines is 1. The van der Waals surface area contributed by atoms with Gasteiger partial charge in [0, 0.05) is 69.6 Å². The van der Waals surface area contributed by atoms with Gasteiger partial charge in [-0.25, -0.2) is 18.3 Å². The zero-order valence-electron chi connectivity index (χ0n) is 17.7. The lowest BCUT2D eigenvalue weighted by Crippen LogP contribution is -2.42. The van der Waals surface area contributed by atoms with E-state index >= 15 is 0 Å². The van der Waals surface area contributed by atoms with E-state index in [2.05, 4.69) is 10.1 Å². The number of fused-ring (bicyclic) bond motifs is 2. The number of alkyl halides is 2. The van der Waals surface area contributed by atoms with Crippen LogP contribution in [0.5, 0.6) is 0 Å². The minimum absolute atomic E-state index is 0.0408. The first kappa shape index (κ1) is 20.2. The Morgan fingerprint density at radius 1 is 1.19 bits per heavy atom. The third-order valence-electron chi connectivity index (χ3n) is 6.11. The van der Waals surface area contributed by atoms with Gasteiger partial charge < -0.3 is 14.8 Å². The maximum absolute atomic E-state index is 13.5. The predicted octanol–water partition coefficient (Wildman–Crippen LogP) is 3.15. The Morgan fingerprint density at radius 2 is 1.94 bits per heavy atom. The summed E-state index contributed by atoms with van der Waals surface area (Å²) < 4.78 is 29.7. The number of amides is 1. The molecule has 4 aromatic rings. The number of carbonyl (C=O) groups excluding carboxylic acids is 1. The van der Waals surface area contributed by atoms with Crippen molar-refractivity contribution in [2.75, 3.05) is 25.0 Å². The fourth-order valence-corrected chi connectivity index (χ4v) is 4.24. The van der Waals surface area contributed by atoms with E-state index in [1.54, 1.807) is 25.5 Å². The molecule has 32 heavy (non-hydrogen) atoms. The number of aryl methyl sites for hydroxylation is 1. The van der Waals surface area contributed by atoms with Gasteiger partial charge in [-0.1, -0.05) is 0 Å². The van der Waals surface area contributed by atoms with Gasteiger partial charge in [-0.05, 0) is 24.3 Å². The molecule has 166 valence electrons. The lowest BCUT2D eigenvalue weighted by atomic mass is 10.0. The van der Waals surface area contributed by atoms with Crippen molar-refractivity contribution in [3.05, 3.63) is 58.8 Å². The molecule has 1 aliphatic rings. The van der Waals surface area contributed by atoms with Crippen molar-refractivity contribution >= 4 is 33.8 Å². The summed E-state index contributed by atoms with van der Waals surface area (Å²) in [5, 5.41) is 5.06. The highest BCUT2D eigenvalue weighted by atomic mass is 19.3. The van der Waals surface area contributed by atoms with Gasteiger partial charge in [-0.15, -0.1) is 0 Å². The quantitative estimate of drug-likeness (QED) is 0.531. The number of rotatable bonds is 3. The lowest BCUT2D eigenvalue weighted by Gasteiger charge is -2.32. The molecule has 4 heterocycles. The Kier molecular flexibility index (Phi) is 4.54. The number of piperidine rings is 1. The van der Waals surface area contributed by atoms with E-state index in [0.29, 0.717) is 16.7 Å². The third-order valence-corrected chi connectivity index (χ3v) is 6.11. The van der Waals surface area contributed by atoms with Gasteiger partial charge in [0.15, 0.2) is 5.65 Å². The van der Waals surface area contributed by atoms with Crippen LogP contribution < -0.4 is 10.6 Å². The number of halogens is 2. The molecule has 1 fully saturated rings. The van der Waals surface area contributed by atoms with Crippen molar-refractivity contribution in [3.63, 3.8) is 0 Å². The van der Waals surface area contributed by atoms with E-state index in [9.17, 15) is 18.4 Å². The second kappa shape index (κ2) is 7.18. The van der Waals surface area contributed by atoms with Crippen LogP contribution in [0.2, 0.25) is 0 Å². The van der Waals surface area contributed by atoms with Crippen molar-refractivity contribution in [1.82, 2.24) is 24.1 Å². The summed E-state index contributed by atoms with van der Waals surface area (Å²) in [4.78, 5) is 31.7. The van der Waals surface area contributed by atoms with Crippen LogP contribution in [0.15, 0.2) is 47.5 Å². The number of hydrogen-bond acceptors (Lipinski definition) is 4. The van der Waals surface area contributed by atoms with Crippen LogP contribution in [0.3, 0.4) is 0 Å². The smallest absolute Gasteiger partial charge is 0.350 e. The molecule has 0 aliphatic carbocycles. The molecule has 1 N–H and O–H groups in total. The molecule has 8 nitrogen and oxygen atoms in total. The zero-order chi connectivity index (χ0) is 22.6. The van der Waals surface area contributed by atoms with Gasteiger partial charge in [0.05, 0.1) is 16.8 Å². The zero-order valence-corrected chi connectivity index (χ0v) is 17.7. The second-order valence-electron chi connectivity index (χ2n) is 8.13. The van der Waals surface area contributed by atoms with Gasteiger partial charge >= 0.3 is 5.69 Å². The van der Waals surface area contributed by atoms with Crippen LogP contribution in [-0.2, 0) is 7.05 Å². The summed E-state index contributed by atoms with van der Waals surface area (Å²) in [6.07, 6.45) is 2.80. The van der Waals surface area contributed by atoms with Gasteiger partial charge in [0.1, 0.15) is 0 Å². The maximum atomic E-state index is 13.5. The summed E-state index contributed by atoms with van der Waals surface area (Å²) in [7, 11) is 3.49. The molecule has 0 saturated carbocycles. The molecule has 3 aromatic heterocycles. The van der Waals surface area contributed by atoms with Crippen molar-refractivity contribution < 1.29 is 13.6 Å². The molecular formula is C22H22F2N6O2. The predicted molar refractivity (Wildman–Crippen MR) is 117 cm³/mol. The number of anilines is 2. The first-order valence-corrected chi connectivity index (χ1v) is 10.3. The van der Waals surface area contributed by atoms with E-state index in [0.717, 1.165) is 16.8 Å². The first-order chi connectivity index (χ1) is 15.2. The number of aromatic nitrogens is 4. The fraction of sp³-hybridized carbons (Fsp3) is 0.318. The number of likely N-dealkylation sites (tertiary alicyclic amines) is 1. The molecule has 1 aromatic carbocycles. The molecular weight excluding hydrogens is 418 g/mol. The van der Waals surface area contributed by atoms with E-state index < -0.39 is 5.92 Å². The average molecular weight is 440 g/mol. The lowest BCUT2D eigenvalue weighted by molar-refractivity contribution is -0.0493. The topological polar surface area (TPSA) is 78.6 Å². The SMILES string of the molecule is CN(c1ccn2c(=O)n(C)nc2c1)c1ccc(C(=O)N2CCC(F)(F)CC2)c2[nH]ccc12. The highest BCUT2D eigenvalue weighted by molar-refractivity contribution is 6.09. The van der Waals surface area contributed by atoms with Crippen molar-refractivity contribution in [1.29, 1.82) is 0 Å². The molecule has 0 radical (unpaired) electrons. The first-order valence-electron chi connectivity index (χ1n) is 10.3. The fourth-order valence-electron chi connectivity index (χ4n) is 4.24. The molecule has 1 saturated heterocycles. The summed E-state index contributed by atoms with van der Waals surface area (Å²) >= 11 is 0. The standard InChI is InChI=1S/C22H22F2N6O2/c1-27(14-6-10-30-18(13-14)26-28(2)21(30)32)17-4-3-16(19-15(17)5-9-25-19)20(31)29-11-7-22(23,24)8-12-29/h3-6,9-10,13,25H,7-8,11-12H2,1-2H3. The van der Waals surface area contributed by atoms with Crippen LogP contribution >= 0.6 is 0 Å². The van der Waals surface area contributed by atoms with Gasteiger partial charge in [0.25, 0.3) is 11.8 Å². The van der Waals surface area contributed by atoms with Crippen LogP contribution in [0.4, 0.5) is 20.2 Å². The Morgan fingerprint density at radius 3 is 2.69 bits per heavy atom. The Bertz CT molecular complexity index is 1390. The normalized spacial score (nSPS) is 16.1. The number of nitrogens with one attached hydrogen (secondary N) is 1. The van der Waals surface area contributed by atoms with E-state index in [4.69, 9.17) is 0 Å². The average Bonchev–Trinajstić information content (AvgIpc) is 3.37. The van der Waals surface area contributed by atoms with Crippen molar-refractivity contribution in [2.24, 2.45) is 7.05 Å². The minimum Gasteiger partial charge on any atom is -0.360 e. The molecule has 1 aliphatic heterocycles. The number of benzene rings is 1. The Labute approximate surface area is 181 Å². The third kappa shape index (κ3) is 3.22. The number of pyridine rings is 1. The maximum Gasteiger partial charge on any atom is 0.350 e. The van der Waals surface area contributed by atoms with Crippen molar-refractivity contribution in [3.8, 4) is 0 Å². The van der Waals surface area contributed by atoms with Gasteiger partial charge in [-0.2, -0.15) is 5.10 Å². The molecule has 0 bridgehead atoms. The summed E-state index contributed by atoms with van der Waals surface area (Å²) in [5.41, 5.74) is 3.10. The number of H-pyrrole nitrogens is 1. The van der Waals surface area contributed by atoms with Crippen LogP contribution in [-0.4, -0.2) is 56.0 Å². The van der Waals surface area contributed by atoms with Crippen LogP contribution in [0, 0.1) is 0 Å². The minimum atomic E-state index is -2.70. The van der Waals surface area contributed by atoms with E-state index in [1.807, 2.05) is 36.2 Å². The number of hydrogen-bond donors (Lipinski definition) is 1. The molecule has 0 atom stereocenters. The Hall–Kier alpha value is -3.69. The molecule has 0 spiro atoms. The van der Waals surface area contributed by atoms with E-state index in [-0.39, 0.29) is 37.5 Å². The number of nitrogens with zero attached hydrogens (tertiary/aromatic N) is 5. The Balaban J connectivity index is 1.49. The molecule has 0 unspecified atom stereocenters.